The minimum absolute atomic E-state index is 0.643. The summed E-state index contributed by atoms with van der Waals surface area (Å²) in [5.41, 5.74) is 2.64. The summed E-state index contributed by atoms with van der Waals surface area (Å²) in [6.07, 6.45) is 5.37. The van der Waals surface area contributed by atoms with Crippen molar-refractivity contribution in [2.24, 2.45) is 5.92 Å². The number of benzene rings is 1. The van der Waals surface area contributed by atoms with E-state index in [9.17, 15) is 0 Å². The van der Waals surface area contributed by atoms with Gasteiger partial charge in [0.2, 0.25) is 0 Å². The number of para-hydroxylation sites is 1. The average molecular weight is 271 g/mol. The van der Waals surface area contributed by atoms with Crippen molar-refractivity contribution >= 4 is 17.0 Å². The molecule has 1 aromatic carbocycles. The third-order valence-corrected chi connectivity index (χ3v) is 4.91. The van der Waals surface area contributed by atoms with Crippen molar-refractivity contribution in [2.75, 3.05) is 5.32 Å². The fraction of sp³-hybridized carbons (Fsp3) is 0.412. The maximum Gasteiger partial charge on any atom is 0.0430 e. The molecule has 2 atom stereocenters. The van der Waals surface area contributed by atoms with Gasteiger partial charge in [-0.05, 0) is 36.3 Å². The van der Waals surface area contributed by atoms with Crippen molar-refractivity contribution in [3.63, 3.8) is 0 Å². The van der Waals surface area contributed by atoms with Gasteiger partial charge in [-0.3, -0.25) is 0 Å². The molecule has 100 valence electrons. The Morgan fingerprint density at radius 1 is 1.11 bits per heavy atom. The molecule has 1 saturated carbocycles. The summed E-state index contributed by atoms with van der Waals surface area (Å²) in [5, 5.41) is 5.92. The van der Waals surface area contributed by atoms with Crippen LogP contribution in [0.4, 0.5) is 5.69 Å². The van der Waals surface area contributed by atoms with E-state index in [-0.39, 0.29) is 0 Å². The first-order valence-corrected chi connectivity index (χ1v) is 8.10. The molecule has 1 N–H and O–H groups in total. The average Bonchev–Trinajstić information content (AvgIpc) is 2.93. The van der Waals surface area contributed by atoms with Crippen molar-refractivity contribution < 1.29 is 0 Å². The van der Waals surface area contributed by atoms with E-state index in [1.807, 2.05) is 11.3 Å². The minimum Gasteiger partial charge on any atom is -0.382 e. The van der Waals surface area contributed by atoms with Gasteiger partial charge in [0.25, 0.3) is 0 Å². The molecule has 1 aromatic heterocycles. The van der Waals surface area contributed by atoms with Crippen LogP contribution in [0, 0.1) is 5.92 Å². The Morgan fingerprint density at radius 3 is 2.79 bits per heavy atom. The third kappa shape index (κ3) is 3.01. The van der Waals surface area contributed by atoms with Gasteiger partial charge in [0.05, 0.1) is 0 Å². The van der Waals surface area contributed by atoms with E-state index in [4.69, 9.17) is 0 Å². The molecule has 2 heteroatoms. The van der Waals surface area contributed by atoms with E-state index >= 15 is 0 Å². The van der Waals surface area contributed by atoms with E-state index in [1.54, 1.807) is 0 Å². The molecule has 1 aliphatic carbocycles. The van der Waals surface area contributed by atoms with E-state index < -0.39 is 0 Å². The van der Waals surface area contributed by atoms with Crippen LogP contribution in [0.5, 0.6) is 0 Å². The highest BCUT2D eigenvalue weighted by molar-refractivity contribution is 7.13. The van der Waals surface area contributed by atoms with Crippen LogP contribution in [0.3, 0.4) is 0 Å². The number of anilines is 1. The van der Waals surface area contributed by atoms with Gasteiger partial charge in [-0.1, -0.05) is 44.0 Å². The number of rotatable bonds is 3. The van der Waals surface area contributed by atoms with Crippen molar-refractivity contribution in [3.05, 3.63) is 41.8 Å². The predicted molar refractivity (Wildman–Crippen MR) is 84.8 cm³/mol. The molecule has 0 spiro atoms. The Labute approximate surface area is 119 Å². The molecule has 1 heterocycles. The highest BCUT2D eigenvalue weighted by Gasteiger charge is 2.19. The zero-order valence-corrected chi connectivity index (χ0v) is 12.2. The van der Waals surface area contributed by atoms with Crippen LogP contribution in [0.2, 0.25) is 0 Å². The molecule has 1 fully saturated rings. The van der Waals surface area contributed by atoms with Gasteiger partial charge in [0, 0.05) is 22.2 Å². The lowest BCUT2D eigenvalue weighted by Crippen LogP contribution is -2.26. The van der Waals surface area contributed by atoms with E-state index in [1.165, 1.54) is 41.8 Å². The van der Waals surface area contributed by atoms with Gasteiger partial charge in [-0.2, -0.15) is 0 Å². The number of thiophene rings is 1. The number of hydrogen-bond donors (Lipinski definition) is 1. The second kappa shape index (κ2) is 5.79. The van der Waals surface area contributed by atoms with Crippen molar-refractivity contribution in [2.45, 2.75) is 38.6 Å². The summed E-state index contributed by atoms with van der Waals surface area (Å²) in [6.45, 7) is 2.37. The summed E-state index contributed by atoms with van der Waals surface area (Å²) in [6, 6.07) is 13.7. The van der Waals surface area contributed by atoms with Gasteiger partial charge >= 0.3 is 0 Å². The first-order chi connectivity index (χ1) is 9.33. The molecule has 0 saturated heterocycles. The molecule has 0 bridgehead atoms. The fourth-order valence-corrected chi connectivity index (χ4v) is 3.81. The number of hydrogen-bond acceptors (Lipinski definition) is 2. The van der Waals surface area contributed by atoms with E-state index in [0.717, 1.165) is 5.92 Å². The van der Waals surface area contributed by atoms with Crippen molar-refractivity contribution in [1.29, 1.82) is 0 Å². The Bertz CT molecular complexity index is 518. The van der Waals surface area contributed by atoms with Gasteiger partial charge in [-0.15, -0.1) is 11.3 Å². The monoisotopic (exact) mass is 271 g/mol. The lowest BCUT2D eigenvalue weighted by molar-refractivity contribution is 0.359. The quantitative estimate of drug-likeness (QED) is 0.787. The summed E-state index contributed by atoms with van der Waals surface area (Å²) >= 11 is 1.81. The second-order valence-corrected chi connectivity index (χ2v) is 6.58. The minimum atomic E-state index is 0.643. The summed E-state index contributed by atoms with van der Waals surface area (Å²) in [7, 11) is 0. The SMILES string of the molecule is CC1CCCC(Nc2ccccc2-c2cccs2)C1. The van der Waals surface area contributed by atoms with Crippen LogP contribution in [0.25, 0.3) is 10.4 Å². The van der Waals surface area contributed by atoms with Gasteiger partial charge in [-0.25, -0.2) is 0 Å². The van der Waals surface area contributed by atoms with Gasteiger partial charge in [0.1, 0.15) is 0 Å². The third-order valence-electron chi connectivity index (χ3n) is 4.01. The van der Waals surface area contributed by atoms with Crippen molar-refractivity contribution in [1.82, 2.24) is 0 Å². The van der Waals surface area contributed by atoms with Gasteiger partial charge < -0.3 is 5.32 Å². The first-order valence-electron chi connectivity index (χ1n) is 7.22. The molecule has 0 radical (unpaired) electrons. The predicted octanol–water partition coefficient (Wildman–Crippen LogP) is 5.41. The molecule has 0 aliphatic heterocycles. The molecule has 2 unspecified atom stereocenters. The Balaban J connectivity index is 1.81. The normalized spacial score (nSPS) is 23.2. The second-order valence-electron chi connectivity index (χ2n) is 5.64. The van der Waals surface area contributed by atoms with Crippen LogP contribution >= 0.6 is 11.3 Å². The Morgan fingerprint density at radius 2 is 2.00 bits per heavy atom. The van der Waals surface area contributed by atoms with Crippen LogP contribution < -0.4 is 5.32 Å². The standard InChI is InChI=1S/C17H21NS/c1-13-6-4-7-14(12-13)18-16-9-3-2-8-15(16)17-10-5-11-19-17/h2-3,5,8-11,13-14,18H,4,6-7,12H2,1H3. The molecule has 0 amide bonds. The molecule has 1 aliphatic rings. The Kier molecular flexibility index (Phi) is 3.88. The lowest BCUT2D eigenvalue weighted by atomic mass is 9.87. The summed E-state index contributed by atoms with van der Waals surface area (Å²) in [5.74, 6) is 0.861. The van der Waals surface area contributed by atoms with Crippen LogP contribution in [-0.2, 0) is 0 Å². The molecule has 3 rings (SSSR count). The lowest BCUT2D eigenvalue weighted by Gasteiger charge is -2.29. The van der Waals surface area contributed by atoms with Crippen LogP contribution in [0.15, 0.2) is 41.8 Å². The molecule has 2 aromatic rings. The molecule has 1 nitrogen and oxygen atoms in total. The smallest absolute Gasteiger partial charge is 0.0430 e. The van der Waals surface area contributed by atoms with E-state index in [2.05, 4.69) is 54.0 Å². The largest absolute Gasteiger partial charge is 0.382 e. The van der Waals surface area contributed by atoms with Crippen LogP contribution in [-0.4, -0.2) is 6.04 Å². The zero-order chi connectivity index (χ0) is 13.1. The Hall–Kier alpha value is -1.28. The highest BCUT2D eigenvalue weighted by atomic mass is 32.1. The van der Waals surface area contributed by atoms with Crippen molar-refractivity contribution in [3.8, 4) is 10.4 Å². The maximum atomic E-state index is 3.77. The van der Waals surface area contributed by atoms with Crippen LogP contribution in [0.1, 0.15) is 32.6 Å². The maximum absolute atomic E-state index is 3.77. The summed E-state index contributed by atoms with van der Waals surface area (Å²) in [4.78, 5) is 1.35. The molecular formula is C17H21NS. The zero-order valence-electron chi connectivity index (χ0n) is 11.4. The van der Waals surface area contributed by atoms with Gasteiger partial charge in [0.15, 0.2) is 0 Å². The first kappa shape index (κ1) is 12.7. The fourth-order valence-electron chi connectivity index (χ4n) is 3.04. The summed E-state index contributed by atoms with van der Waals surface area (Å²) < 4.78 is 0. The molecule has 19 heavy (non-hydrogen) atoms. The number of nitrogens with one attached hydrogen (secondary N) is 1. The van der Waals surface area contributed by atoms with E-state index in [0.29, 0.717) is 6.04 Å². The molecular weight excluding hydrogens is 250 g/mol. The topological polar surface area (TPSA) is 12.0 Å². The highest BCUT2D eigenvalue weighted by Crippen LogP contribution is 2.33.